The molecule has 0 spiro atoms. The molecule has 7 heteroatoms. The molecule has 1 saturated heterocycles. The summed E-state index contributed by atoms with van der Waals surface area (Å²) in [6, 6.07) is 10.5. The van der Waals surface area contributed by atoms with E-state index in [2.05, 4.69) is 12.2 Å². The molecule has 1 aliphatic heterocycles. The summed E-state index contributed by atoms with van der Waals surface area (Å²) in [6.45, 7) is 3.43. The van der Waals surface area contributed by atoms with E-state index in [1.807, 2.05) is 29.1 Å². The van der Waals surface area contributed by atoms with Crippen LogP contribution in [-0.2, 0) is 27.8 Å². The number of amides is 1. The van der Waals surface area contributed by atoms with Gasteiger partial charge in [0, 0.05) is 30.9 Å². The monoisotopic (exact) mass is 402 g/mol. The van der Waals surface area contributed by atoms with E-state index >= 15 is 0 Å². The molecule has 0 radical (unpaired) electrons. The molecular formula is C21H28N3O3S+. The number of aromatic nitrogens is 1. The lowest BCUT2D eigenvalue weighted by Crippen LogP contribution is -2.39. The second kappa shape index (κ2) is 9.30. The van der Waals surface area contributed by atoms with Crippen molar-refractivity contribution in [2.75, 3.05) is 18.4 Å². The van der Waals surface area contributed by atoms with Gasteiger partial charge >= 0.3 is 0 Å². The van der Waals surface area contributed by atoms with Gasteiger partial charge in [0.25, 0.3) is 5.91 Å². The topological polar surface area (TPSA) is 70.4 Å². The molecular weight excluding hydrogens is 374 g/mol. The van der Waals surface area contributed by atoms with Crippen LogP contribution < -0.4 is 9.88 Å². The fourth-order valence-electron chi connectivity index (χ4n) is 3.40. The maximum absolute atomic E-state index is 12.8. The number of hydrogen-bond acceptors (Lipinski definition) is 3. The van der Waals surface area contributed by atoms with Gasteiger partial charge in [0.2, 0.25) is 16.6 Å². The number of sulfonamides is 1. The summed E-state index contributed by atoms with van der Waals surface area (Å²) < 4.78 is 29.0. The van der Waals surface area contributed by atoms with Gasteiger partial charge in [-0.25, -0.2) is 8.42 Å². The van der Waals surface area contributed by atoms with Crippen molar-refractivity contribution >= 4 is 21.6 Å². The van der Waals surface area contributed by atoms with Crippen LogP contribution in [0, 0.1) is 0 Å². The molecule has 0 atom stereocenters. The van der Waals surface area contributed by atoms with Gasteiger partial charge in [-0.1, -0.05) is 25.8 Å². The number of rotatable bonds is 7. The minimum Gasteiger partial charge on any atom is -0.321 e. The van der Waals surface area contributed by atoms with Crippen LogP contribution in [0.5, 0.6) is 0 Å². The molecule has 0 bridgehead atoms. The molecule has 150 valence electrons. The Kier molecular flexibility index (Phi) is 6.80. The van der Waals surface area contributed by atoms with Gasteiger partial charge in [-0.3, -0.25) is 4.79 Å². The van der Waals surface area contributed by atoms with Crippen molar-refractivity contribution in [1.82, 2.24) is 4.31 Å². The number of hydrogen-bond donors (Lipinski definition) is 1. The van der Waals surface area contributed by atoms with Crippen LogP contribution in [0.4, 0.5) is 5.69 Å². The predicted molar refractivity (Wildman–Crippen MR) is 108 cm³/mol. The number of benzene rings is 1. The first-order valence-corrected chi connectivity index (χ1v) is 11.3. The molecule has 6 nitrogen and oxygen atoms in total. The van der Waals surface area contributed by atoms with Gasteiger partial charge in [0.15, 0.2) is 12.4 Å². The number of nitrogens with one attached hydrogen (secondary N) is 1. The Hall–Kier alpha value is -2.25. The van der Waals surface area contributed by atoms with Crippen LogP contribution in [0.15, 0.2) is 53.7 Å². The molecule has 28 heavy (non-hydrogen) atoms. The summed E-state index contributed by atoms with van der Waals surface area (Å²) >= 11 is 0. The van der Waals surface area contributed by atoms with E-state index in [9.17, 15) is 13.2 Å². The average molecular weight is 403 g/mol. The van der Waals surface area contributed by atoms with Crippen LogP contribution >= 0.6 is 0 Å². The van der Waals surface area contributed by atoms with Crippen LogP contribution in [0.1, 0.15) is 38.2 Å². The summed E-state index contributed by atoms with van der Waals surface area (Å²) in [6.07, 6.45) is 8.74. The third kappa shape index (κ3) is 5.17. The Morgan fingerprint density at radius 3 is 2.50 bits per heavy atom. The smallest absolute Gasteiger partial charge is 0.290 e. The Morgan fingerprint density at radius 1 is 1.11 bits per heavy atom. The lowest BCUT2D eigenvalue weighted by molar-refractivity contribution is -0.684. The predicted octanol–water partition coefficient (Wildman–Crippen LogP) is 2.74. The summed E-state index contributed by atoms with van der Waals surface area (Å²) in [5.74, 6) is -0.194. The van der Waals surface area contributed by atoms with E-state index in [1.54, 1.807) is 18.2 Å². The summed E-state index contributed by atoms with van der Waals surface area (Å²) in [4.78, 5) is 12.6. The lowest BCUT2D eigenvalue weighted by atomic mass is 10.2. The number of nitrogens with zero attached hydrogens (tertiary/aromatic N) is 2. The first-order valence-electron chi connectivity index (χ1n) is 9.87. The molecule has 0 unspecified atom stereocenters. The van der Waals surface area contributed by atoms with Gasteiger partial charge in [-0.15, -0.1) is 0 Å². The highest BCUT2D eigenvalue weighted by Crippen LogP contribution is 2.22. The molecule has 1 fully saturated rings. The van der Waals surface area contributed by atoms with Crippen molar-refractivity contribution in [3.8, 4) is 0 Å². The highest BCUT2D eigenvalue weighted by molar-refractivity contribution is 7.89. The van der Waals surface area contributed by atoms with Gasteiger partial charge in [-0.2, -0.15) is 8.87 Å². The Labute approximate surface area is 167 Å². The quantitative estimate of drug-likeness (QED) is 0.724. The zero-order chi connectivity index (χ0) is 20.0. The van der Waals surface area contributed by atoms with E-state index in [1.165, 1.54) is 15.9 Å². The van der Waals surface area contributed by atoms with Crippen LogP contribution in [0.3, 0.4) is 0 Å². The number of piperidine rings is 1. The minimum absolute atomic E-state index is 0.176. The first-order chi connectivity index (χ1) is 13.5. The largest absolute Gasteiger partial charge is 0.321 e. The number of carbonyl (C=O) groups is 1. The Morgan fingerprint density at radius 2 is 1.82 bits per heavy atom. The van der Waals surface area contributed by atoms with E-state index in [0.29, 0.717) is 18.8 Å². The van der Waals surface area contributed by atoms with Crippen LogP contribution in [-0.4, -0.2) is 31.7 Å². The highest BCUT2D eigenvalue weighted by Gasteiger charge is 2.26. The van der Waals surface area contributed by atoms with Crippen LogP contribution in [0.2, 0.25) is 0 Å². The van der Waals surface area contributed by atoms with Crippen LogP contribution in [0.25, 0.3) is 0 Å². The zero-order valence-electron chi connectivity index (χ0n) is 16.3. The standard InChI is InChI=1S/C21H27N3O3S/c1-2-7-18-10-14-23(15-11-18)17-21(25)22-19-8-6-9-20(16-19)28(26,27)24-12-4-3-5-13-24/h6,8-11,14-16H,2-5,7,12-13,17H2,1H3/p+1. The van der Waals surface area contributed by atoms with E-state index < -0.39 is 10.0 Å². The molecule has 2 aromatic rings. The molecule has 0 saturated carbocycles. The van der Waals surface area contributed by atoms with Crippen molar-refractivity contribution in [3.05, 3.63) is 54.4 Å². The van der Waals surface area contributed by atoms with Crippen molar-refractivity contribution in [2.45, 2.75) is 50.5 Å². The second-order valence-electron chi connectivity index (χ2n) is 7.17. The Balaban J connectivity index is 1.66. The average Bonchev–Trinajstić information content (AvgIpc) is 2.70. The second-order valence-corrected chi connectivity index (χ2v) is 9.11. The fraction of sp³-hybridized carbons (Fsp3) is 0.429. The molecule has 0 aliphatic carbocycles. The molecule has 1 aromatic heterocycles. The van der Waals surface area contributed by atoms with Gasteiger partial charge in [-0.05, 0) is 43.0 Å². The van der Waals surface area contributed by atoms with Crippen molar-refractivity contribution in [3.63, 3.8) is 0 Å². The van der Waals surface area contributed by atoms with Gasteiger partial charge in [0.1, 0.15) is 0 Å². The number of aryl methyl sites for hydroxylation is 1. The molecule has 1 aliphatic rings. The molecule has 2 heterocycles. The Bertz CT molecular complexity index is 905. The SMILES string of the molecule is CCCc1cc[n+](CC(=O)Nc2cccc(S(=O)(=O)N3CCCCC3)c2)cc1. The molecule has 1 N–H and O–H groups in total. The zero-order valence-corrected chi connectivity index (χ0v) is 17.1. The molecule has 1 amide bonds. The summed E-state index contributed by atoms with van der Waals surface area (Å²) in [5.41, 5.74) is 1.74. The summed E-state index contributed by atoms with van der Waals surface area (Å²) in [5, 5.41) is 2.80. The number of carbonyl (C=O) groups excluding carboxylic acids is 1. The third-order valence-electron chi connectivity index (χ3n) is 4.90. The first kappa shape index (κ1) is 20.5. The normalized spacial score (nSPS) is 15.3. The minimum atomic E-state index is -3.51. The van der Waals surface area contributed by atoms with E-state index in [4.69, 9.17) is 0 Å². The number of pyridine rings is 1. The molecule has 1 aromatic carbocycles. The maximum atomic E-state index is 12.8. The molecule has 3 rings (SSSR count). The fourth-order valence-corrected chi connectivity index (χ4v) is 4.97. The van der Waals surface area contributed by atoms with Gasteiger partial charge < -0.3 is 5.32 Å². The maximum Gasteiger partial charge on any atom is 0.290 e. The van der Waals surface area contributed by atoms with Gasteiger partial charge in [0.05, 0.1) is 4.90 Å². The van der Waals surface area contributed by atoms with Crippen molar-refractivity contribution in [1.29, 1.82) is 0 Å². The van der Waals surface area contributed by atoms with E-state index in [0.717, 1.165) is 32.1 Å². The van der Waals surface area contributed by atoms with Crippen molar-refractivity contribution < 1.29 is 17.8 Å². The lowest BCUT2D eigenvalue weighted by Gasteiger charge is -2.26. The number of anilines is 1. The van der Waals surface area contributed by atoms with Crippen molar-refractivity contribution in [2.24, 2.45) is 0 Å². The summed E-state index contributed by atoms with van der Waals surface area (Å²) in [7, 11) is -3.51. The highest BCUT2D eigenvalue weighted by atomic mass is 32.2. The third-order valence-corrected chi connectivity index (χ3v) is 6.79. The van der Waals surface area contributed by atoms with E-state index in [-0.39, 0.29) is 17.3 Å².